The van der Waals surface area contributed by atoms with Gasteiger partial charge in [0.15, 0.2) is 0 Å². The number of aliphatic hydroxyl groups excluding tert-OH is 3. The van der Waals surface area contributed by atoms with Crippen molar-refractivity contribution in [2.45, 2.75) is 90.3 Å². The van der Waals surface area contributed by atoms with Gasteiger partial charge in [0.05, 0.1) is 123 Å². The molecule has 3 aromatic carbocycles. The molecule has 0 spiro atoms. The molecular weight excluding hydrogens is 1290 g/mol. The minimum Gasteiger partial charge on any atom is -0.393 e. The molecule has 516 valence electrons. The number of aliphatic hydroxyl groups is 3. The van der Waals surface area contributed by atoms with Crippen molar-refractivity contribution in [3.8, 4) is 33.5 Å². The van der Waals surface area contributed by atoms with Crippen LogP contribution >= 0.6 is 0 Å². The molecule has 3 saturated heterocycles. The number of halogens is 1. The molecule has 3 fully saturated rings. The van der Waals surface area contributed by atoms with Crippen molar-refractivity contribution in [2.75, 3.05) is 69.9 Å². The van der Waals surface area contributed by atoms with Gasteiger partial charge < -0.3 is 61.9 Å². The van der Waals surface area contributed by atoms with Gasteiger partial charge in [-0.3, -0.25) is 18.8 Å². The third-order valence-electron chi connectivity index (χ3n) is 20.1. The topological polar surface area (TPSA) is 284 Å². The van der Waals surface area contributed by atoms with Gasteiger partial charge in [0.25, 0.3) is 17.7 Å². The molecule has 25 heteroatoms. The number of carbonyl (C=O) groups is 3. The Morgan fingerprint density at radius 3 is 1.38 bits per heavy atom. The van der Waals surface area contributed by atoms with Gasteiger partial charge in [-0.1, -0.05) is 30.3 Å². The number of nitrogens with zero attached hydrogens (tertiary/aromatic N) is 12. The third-order valence-corrected chi connectivity index (χ3v) is 20.1. The van der Waals surface area contributed by atoms with E-state index in [1.165, 1.54) is 12.1 Å². The summed E-state index contributed by atoms with van der Waals surface area (Å²) in [5.41, 5.74) is 20.4. The number of amides is 3. The first-order chi connectivity index (χ1) is 49.7. The van der Waals surface area contributed by atoms with E-state index < -0.39 is 0 Å². The summed E-state index contributed by atoms with van der Waals surface area (Å²) >= 11 is 0. The van der Waals surface area contributed by atoms with Gasteiger partial charge in [-0.15, -0.1) is 0 Å². The Kier molecular flexibility index (Phi) is 17.4. The fourth-order valence-corrected chi connectivity index (χ4v) is 14.6. The van der Waals surface area contributed by atoms with Crippen LogP contribution in [0.1, 0.15) is 97.5 Å². The smallest absolute Gasteiger partial charge is 0.254 e. The van der Waals surface area contributed by atoms with E-state index in [1.54, 1.807) is 12.4 Å². The molecule has 24 nitrogen and oxygen atoms in total. The maximum atomic E-state index is 13.6. The molecule has 0 radical (unpaired) electrons. The van der Waals surface area contributed by atoms with Crippen LogP contribution in [0.25, 0.3) is 50.2 Å². The van der Waals surface area contributed by atoms with Gasteiger partial charge >= 0.3 is 0 Å². The highest BCUT2D eigenvalue weighted by Gasteiger charge is 2.32. The summed E-state index contributed by atoms with van der Waals surface area (Å²) in [6.45, 7) is 10.4. The van der Waals surface area contributed by atoms with Gasteiger partial charge in [-0.25, -0.2) is 33.4 Å². The highest BCUT2D eigenvalue weighted by atomic mass is 19.1. The molecule has 0 atom stereocenters. The quantitative estimate of drug-likeness (QED) is 0.0550. The van der Waals surface area contributed by atoms with Crippen LogP contribution in [0.5, 0.6) is 0 Å². The lowest BCUT2D eigenvalue weighted by Gasteiger charge is -2.31. The Bertz CT molecular complexity index is 4980. The SMILES string of the molecule is Cc1ccc2c(-c3ccc(Nc4ccc(N5CCC(O)CC5)cn4)c4c3CNC4=O)cnn2c1.Cc1cccc2c(-c3ccc(Nc4ccc(N5CCC(O)CC5)cn4)c4c3CNC4=O)cnn12.O=C1NCc2c(-c3cnc4cc(F)ccn34)ccc(Nc3ccc(N4CCC(O)CC4)cn3)c21. The highest BCUT2D eigenvalue weighted by Crippen LogP contribution is 2.41. The normalized spacial score (nSPS) is 16.1. The van der Waals surface area contributed by atoms with Crippen molar-refractivity contribution in [2.24, 2.45) is 0 Å². The van der Waals surface area contributed by atoms with Gasteiger partial charge in [-0.2, -0.15) is 10.2 Å². The molecule has 0 saturated carbocycles. The number of aryl methyl sites for hydroxylation is 2. The first kappa shape index (κ1) is 64.8. The van der Waals surface area contributed by atoms with E-state index in [0.717, 1.165) is 179 Å². The van der Waals surface area contributed by atoms with E-state index in [1.807, 2.05) is 155 Å². The van der Waals surface area contributed by atoms with Crippen LogP contribution in [-0.4, -0.2) is 134 Å². The maximum absolute atomic E-state index is 13.6. The summed E-state index contributed by atoms with van der Waals surface area (Å²) < 4.78 is 19.2. The molecule has 102 heavy (non-hydrogen) atoms. The number of piperidine rings is 3. The number of anilines is 9. The Labute approximate surface area is 585 Å². The minimum atomic E-state index is -0.345. The van der Waals surface area contributed by atoms with Crippen LogP contribution in [0.3, 0.4) is 0 Å². The summed E-state index contributed by atoms with van der Waals surface area (Å²) in [7, 11) is 0. The second-order valence-electron chi connectivity index (χ2n) is 26.7. The van der Waals surface area contributed by atoms with E-state index in [2.05, 4.69) is 88.9 Å². The zero-order valence-corrected chi connectivity index (χ0v) is 56.2. The summed E-state index contributed by atoms with van der Waals surface area (Å²) in [4.78, 5) is 63.0. The molecule has 18 rings (SSSR count). The molecular formula is C77H75FN18O6. The van der Waals surface area contributed by atoms with E-state index in [-0.39, 0.29) is 41.9 Å². The van der Waals surface area contributed by atoms with Crippen molar-refractivity contribution >= 4 is 86.0 Å². The van der Waals surface area contributed by atoms with Crippen LogP contribution in [-0.2, 0) is 19.6 Å². The van der Waals surface area contributed by atoms with Crippen molar-refractivity contribution < 1.29 is 34.1 Å². The third kappa shape index (κ3) is 12.8. The number of pyridine rings is 6. The van der Waals surface area contributed by atoms with E-state index in [0.29, 0.717) is 65.1 Å². The van der Waals surface area contributed by atoms with Crippen molar-refractivity contribution in [3.05, 3.63) is 215 Å². The Hall–Kier alpha value is -11.8. The fraction of sp³-hybridized carbons (Fsp3) is 0.260. The lowest BCUT2D eigenvalue weighted by atomic mass is 9.96. The molecule has 6 aliphatic heterocycles. The average molecular weight is 1370 g/mol. The van der Waals surface area contributed by atoms with Gasteiger partial charge in [-0.05, 0) is 165 Å². The Morgan fingerprint density at radius 1 is 0.461 bits per heavy atom. The molecule has 15 heterocycles. The van der Waals surface area contributed by atoms with Gasteiger partial charge in [0.2, 0.25) is 0 Å². The summed E-state index contributed by atoms with van der Waals surface area (Å²) in [5, 5.41) is 57.1. The van der Waals surface area contributed by atoms with Crippen molar-refractivity contribution in [1.29, 1.82) is 0 Å². The van der Waals surface area contributed by atoms with Crippen LogP contribution in [0.15, 0.2) is 165 Å². The monoisotopic (exact) mass is 1370 g/mol. The van der Waals surface area contributed by atoms with Gasteiger partial charge in [0.1, 0.15) is 28.9 Å². The lowest BCUT2D eigenvalue weighted by Crippen LogP contribution is -2.35. The first-order valence-corrected chi connectivity index (χ1v) is 34.5. The number of aromatic nitrogens is 9. The van der Waals surface area contributed by atoms with Crippen molar-refractivity contribution in [3.63, 3.8) is 0 Å². The first-order valence-electron chi connectivity index (χ1n) is 34.5. The van der Waals surface area contributed by atoms with Crippen LogP contribution in [0.2, 0.25) is 0 Å². The largest absolute Gasteiger partial charge is 0.393 e. The fourth-order valence-electron chi connectivity index (χ4n) is 14.6. The number of hydrogen-bond donors (Lipinski definition) is 9. The minimum absolute atomic E-state index is 0.0875. The molecule has 0 unspecified atom stereocenters. The van der Waals surface area contributed by atoms with Crippen molar-refractivity contribution in [1.82, 2.24) is 59.5 Å². The molecule has 9 aromatic heterocycles. The van der Waals surface area contributed by atoms with E-state index >= 15 is 0 Å². The molecule has 3 amide bonds. The number of hydrogen-bond acceptors (Lipinski definition) is 18. The second kappa shape index (κ2) is 27.4. The van der Waals surface area contributed by atoms with Crippen LogP contribution < -0.4 is 46.6 Å². The molecule has 9 N–H and O–H groups in total. The number of benzene rings is 3. The number of carbonyl (C=O) groups excluding carboxylic acids is 3. The zero-order valence-electron chi connectivity index (χ0n) is 56.2. The summed E-state index contributed by atoms with van der Waals surface area (Å²) in [6.07, 6.45) is 18.6. The summed E-state index contributed by atoms with van der Waals surface area (Å²) in [5.74, 6) is 1.33. The summed E-state index contributed by atoms with van der Waals surface area (Å²) in [6, 6.07) is 36.6. The second-order valence-corrected chi connectivity index (χ2v) is 26.7. The predicted molar refractivity (Wildman–Crippen MR) is 390 cm³/mol. The predicted octanol–water partition coefficient (Wildman–Crippen LogP) is 10.8. The standard InChI is InChI=1S/2C26H26N6O2.C25H23FN6O2/c1-16-2-6-23-20(14-29-32(23)15-16)19-4-5-22(25-21(19)13-28-26(25)34)30-24-7-3-17(12-27-24)31-10-8-18(33)9-11-31;1-16-3-2-4-23-20(15-29-32(16)23)19-6-7-22(25-21(19)14-28-26(25)34)30-24-8-5-17(13-27-24)31-11-9-18(33)10-12-31;26-15-5-10-32-21(14-28-23(32)11-15)18-2-3-20(24-19(18)13-29-25(24)34)30-22-4-1-16(12-27-22)31-8-6-17(33)7-9-31/h2-7,12,14-15,18,33H,8-11,13H2,1H3,(H,27,30)(H,28,34);2-8,13,15,18,33H,9-12,14H2,1H3,(H,27,30)(H,28,34);1-5,10-12,14,17,33H,6-9,13H2,(H,27,30)(H,29,34). The molecule has 12 aromatic rings. The van der Waals surface area contributed by atoms with Crippen LogP contribution in [0, 0.1) is 19.7 Å². The van der Waals surface area contributed by atoms with E-state index in [4.69, 9.17) is 0 Å². The number of nitrogens with one attached hydrogen (secondary N) is 6. The maximum Gasteiger partial charge on any atom is 0.254 e. The number of fused-ring (bicyclic) bond motifs is 6. The molecule has 6 aliphatic rings. The van der Waals surface area contributed by atoms with Crippen LogP contribution in [0.4, 0.5) is 56.0 Å². The zero-order chi connectivity index (χ0) is 69.7. The Balaban J connectivity index is 0.000000118. The average Bonchev–Trinajstić information content (AvgIpc) is 1.61. The molecule has 0 aliphatic carbocycles. The lowest BCUT2D eigenvalue weighted by molar-refractivity contribution is 0.0958. The number of imidazole rings is 1. The number of rotatable bonds is 12. The Morgan fingerprint density at radius 2 is 0.912 bits per heavy atom. The molecule has 0 bridgehead atoms. The van der Waals surface area contributed by atoms with E-state index in [9.17, 15) is 34.1 Å². The highest BCUT2D eigenvalue weighted by molar-refractivity contribution is 6.08. The van der Waals surface area contributed by atoms with Gasteiger partial charge in [0, 0.05) is 99.7 Å².